The van der Waals surface area contributed by atoms with Gasteiger partial charge in [0.15, 0.2) is 0 Å². The molecule has 0 bridgehead atoms. The van der Waals surface area contributed by atoms with Gasteiger partial charge >= 0.3 is 0 Å². The van der Waals surface area contributed by atoms with E-state index in [4.69, 9.17) is 0 Å². The van der Waals surface area contributed by atoms with Crippen LogP contribution in [0.5, 0.6) is 0 Å². The molecule has 2 nitrogen and oxygen atoms in total. The summed E-state index contributed by atoms with van der Waals surface area (Å²) in [7, 11) is 0. The van der Waals surface area contributed by atoms with Crippen LogP contribution in [0.15, 0.2) is 24.6 Å². The number of hydrogen-bond acceptors (Lipinski definition) is 2. The van der Waals surface area contributed by atoms with Crippen molar-refractivity contribution in [2.45, 2.75) is 52.9 Å². The van der Waals surface area contributed by atoms with E-state index in [9.17, 15) is 0 Å². The Hall–Kier alpha value is -0.760. The molecule has 0 radical (unpaired) electrons. The average molecular weight is 238 g/mol. The highest BCUT2D eigenvalue weighted by molar-refractivity contribution is 4.97. The molecule has 0 atom stereocenters. The van der Waals surface area contributed by atoms with E-state index >= 15 is 0 Å². The first-order valence-corrected chi connectivity index (χ1v) is 6.99. The molecule has 100 valence electrons. The Morgan fingerprint density at radius 1 is 1.12 bits per heavy atom. The van der Waals surface area contributed by atoms with Gasteiger partial charge in [0.05, 0.1) is 0 Å². The van der Waals surface area contributed by atoms with Crippen LogP contribution in [-0.2, 0) is 0 Å². The first kappa shape index (κ1) is 16.2. The van der Waals surface area contributed by atoms with Crippen LogP contribution in [0.2, 0.25) is 0 Å². The first-order chi connectivity index (χ1) is 8.24. The fraction of sp³-hybridized carbons (Fsp3) is 0.733. The van der Waals surface area contributed by atoms with Gasteiger partial charge in [-0.05, 0) is 71.1 Å². The molecule has 0 aromatic carbocycles. The number of unbranched alkanes of at least 4 members (excludes halogenated alkanes) is 1. The molecule has 0 amide bonds. The van der Waals surface area contributed by atoms with Crippen molar-refractivity contribution >= 4 is 0 Å². The summed E-state index contributed by atoms with van der Waals surface area (Å²) < 4.78 is 0. The van der Waals surface area contributed by atoms with E-state index in [1.165, 1.54) is 57.3 Å². The molecule has 17 heavy (non-hydrogen) atoms. The van der Waals surface area contributed by atoms with Crippen molar-refractivity contribution in [1.29, 1.82) is 0 Å². The lowest BCUT2D eigenvalue weighted by atomic mass is 10.1. The van der Waals surface area contributed by atoms with E-state index in [0.717, 1.165) is 0 Å². The molecule has 0 spiro atoms. The van der Waals surface area contributed by atoms with E-state index in [2.05, 4.69) is 37.6 Å². The summed E-state index contributed by atoms with van der Waals surface area (Å²) in [4.78, 5) is 2.58. The van der Waals surface area contributed by atoms with E-state index in [-0.39, 0.29) is 0 Å². The van der Waals surface area contributed by atoms with Crippen molar-refractivity contribution in [2.24, 2.45) is 0 Å². The maximum Gasteiger partial charge on any atom is -0.000664 e. The molecule has 0 heterocycles. The molecule has 2 heteroatoms. The van der Waals surface area contributed by atoms with Gasteiger partial charge in [-0.3, -0.25) is 0 Å². The molecule has 0 saturated heterocycles. The maximum atomic E-state index is 3.63. The average Bonchev–Trinajstić information content (AvgIpc) is 2.32. The van der Waals surface area contributed by atoms with Crippen LogP contribution < -0.4 is 5.32 Å². The van der Waals surface area contributed by atoms with E-state index in [1.54, 1.807) is 6.20 Å². The van der Waals surface area contributed by atoms with Crippen LogP contribution in [0.1, 0.15) is 52.9 Å². The second-order valence-electron chi connectivity index (χ2n) is 4.66. The van der Waals surface area contributed by atoms with Gasteiger partial charge in [0.1, 0.15) is 0 Å². The minimum Gasteiger partial charge on any atom is -0.368 e. The van der Waals surface area contributed by atoms with E-state index in [0.29, 0.717) is 0 Å². The summed E-state index contributed by atoms with van der Waals surface area (Å²) in [6, 6.07) is 0. The van der Waals surface area contributed by atoms with Gasteiger partial charge in [0.25, 0.3) is 0 Å². The molecule has 0 rings (SSSR count). The smallest absolute Gasteiger partial charge is 0.000664 e. The molecule has 0 aromatic heterocycles. The highest BCUT2D eigenvalue weighted by atomic mass is 15.1. The Kier molecular flexibility index (Phi) is 11.2. The number of rotatable bonds is 11. The van der Waals surface area contributed by atoms with Gasteiger partial charge in [-0.25, -0.2) is 0 Å². The largest absolute Gasteiger partial charge is 0.368 e. The molecule has 0 aliphatic heterocycles. The van der Waals surface area contributed by atoms with Crippen molar-refractivity contribution in [3.8, 4) is 0 Å². The maximum absolute atomic E-state index is 3.63. The van der Waals surface area contributed by atoms with Crippen molar-refractivity contribution in [1.82, 2.24) is 10.2 Å². The number of nitrogens with one attached hydrogen (secondary N) is 1. The first-order valence-electron chi connectivity index (χ1n) is 6.99. The molecular weight excluding hydrogens is 208 g/mol. The van der Waals surface area contributed by atoms with Crippen molar-refractivity contribution in [2.75, 3.05) is 19.6 Å². The normalized spacial score (nSPS) is 11.9. The van der Waals surface area contributed by atoms with Gasteiger partial charge in [-0.15, -0.1) is 0 Å². The van der Waals surface area contributed by atoms with Crippen LogP contribution in [0.4, 0.5) is 0 Å². The third-order valence-electron chi connectivity index (χ3n) is 2.82. The van der Waals surface area contributed by atoms with Crippen LogP contribution >= 0.6 is 0 Å². The highest BCUT2D eigenvalue weighted by Gasteiger charge is 2.01. The number of nitrogens with zero attached hydrogens (tertiary/aromatic N) is 1. The molecule has 0 fully saturated rings. The minimum atomic E-state index is 1.19. The predicted octanol–water partition coefficient (Wildman–Crippen LogP) is 3.92. The minimum absolute atomic E-state index is 1.19. The predicted molar refractivity (Wildman–Crippen MR) is 78.0 cm³/mol. The fourth-order valence-corrected chi connectivity index (χ4v) is 1.98. The number of allylic oxidation sites excluding steroid dienone is 1. The lowest BCUT2D eigenvalue weighted by molar-refractivity contribution is 0.269. The number of hydrogen-bond donors (Lipinski definition) is 1. The Balaban J connectivity index is 3.62. The quantitative estimate of drug-likeness (QED) is 0.549. The molecule has 0 saturated carbocycles. The summed E-state index contributed by atoms with van der Waals surface area (Å²) in [5, 5.41) is 3.03. The van der Waals surface area contributed by atoms with Crippen LogP contribution in [-0.4, -0.2) is 24.5 Å². The van der Waals surface area contributed by atoms with Gasteiger partial charge in [-0.1, -0.05) is 26.0 Å². The Morgan fingerprint density at radius 2 is 1.76 bits per heavy atom. The summed E-state index contributed by atoms with van der Waals surface area (Å²) >= 11 is 0. The third kappa shape index (κ3) is 10.1. The SMILES string of the molecule is C=CN/C=C(\C)CCCCN(CCC)CCC. The zero-order valence-electron chi connectivity index (χ0n) is 12.0. The molecular formula is C15H30N2. The van der Waals surface area contributed by atoms with Crippen molar-refractivity contribution in [3.05, 3.63) is 24.6 Å². The third-order valence-corrected chi connectivity index (χ3v) is 2.82. The van der Waals surface area contributed by atoms with Crippen molar-refractivity contribution in [3.63, 3.8) is 0 Å². The van der Waals surface area contributed by atoms with Gasteiger partial charge in [0.2, 0.25) is 0 Å². The van der Waals surface area contributed by atoms with Gasteiger partial charge < -0.3 is 10.2 Å². The molecule has 0 aromatic rings. The zero-order valence-corrected chi connectivity index (χ0v) is 12.0. The topological polar surface area (TPSA) is 15.3 Å². The van der Waals surface area contributed by atoms with E-state index < -0.39 is 0 Å². The molecule has 0 unspecified atom stereocenters. The summed E-state index contributed by atoms with van der Waals surface area (Å²) in [6.07, 6.45) is 10.1. The summed E-state index contributed by atoms with van der Waals surface area (Å²) in [5.74, 6) is 0. The highest BCUT2D eigenvalue weighted by Crippen LogP contribution is 2.07. The van der Waals surface area contributed by atoms with E-state index in [1.807, 2.05) is 6.20 Å². The van der Waals surface area contributed by atoms with Crippen LogP contribution in [0, 0.1) is 0 Å². The second kappa shape index (κ2) is 11.7. The molecule has 0 aliphatic rings. The van der Waals surface area contributed by atoms with Crippen molar-refractivity contribution < 1.29 is 0 Å². The lowest BCUT2D eigenvalue weighted by Gasteiger charge is -2.20. The zero-order chi connectivity index (χ0) is 12.9. The van der Waals surface area contributed by atoms with Crippen LogP contribution in [0.3, 0.4) is 0 Å². The lowest BCUT2D eigenvalue weighted by Crippen LogP contribution is -2.26. The summed E-state index contributed by atoms with van der Waals surface area (Å²) in [6.45, 7) is 14.1. The monoisotopic (exact) mass is 238 g/mol. The van der Waals surface area contributed by atoms with Gasteiger partial charge in [0, 0.05) is 0 Å². The standard InChI is InChI=1S/C15H30N2/c1-5-11-17(12-6-2)13-9-8-10-15(4)14-16-7-3/h7,14,16H,3,5-6,8-13H2,1-2,4H3/b15-14+. The Bertz CT molecular complexity index is 203. The Morgan fingerprint density at radius 3 is 2.29 bits per heavy atom. The van der Waals surface area contributed by atoms with Gasteiger partial charge in [-0.2, -0.15) is 0 Å². The molecule has 1 N–H and O–H groups in total. The summed E-state index contributed by atoms with van der Waals surface area (Å²) in [5.41, 5.74) is 1.41. The molecule has 0 aliphatic carbocycles. The fourth-order valence-electron chi connectivity index (χ4n) is 1.98. The van der Waals surface area contributed by atoms with Crippen LogP contribution in [0.25, 0.3) is 0 Å². The second-order valence-corrected chi connectivity index (χ2v) is 4.66. The Labute approximate surface area is 108 Å².